The van der Waals surface area contributed by atoms with Crippen LogP contribution in [-0.4, -0.2) is 53.7 Å². The predicted molar refractivity (Wildman–Crippen MR) is 245 cm³/mol. The molecule has 0 fully saturated rings. The first-order valence-electron chi connectivity index (χ1n) is 21.2. The summed E-state index contributed by atoms with van der Waals surface area (Å²) in [6.45, 7) is 5.54. The van der Waals surface area contributed by atoms with Gasteiger partial charge in [0.05, 0.1) is 29.4 Å². The van der Waals surface area contributed by atoms with E-state index in [1.54, 1.807) is 0 Å². The van der Waals surface area contributed by atoms with Crippen LogP contribution in [0.1, 0.15) is 52.3 Å². The van der Waals surface area contributed by atoms with Crippen molar-refractivity contribution < 1.29 is 9.53 Å². The number of unbranched alkanes of at least 4 members (excludes halogenated alkanes) is 1. The lowest BCUT2D eigenvalue weighted by Gasteiger charge is -2.25. The zero-order valence-corrected chi connectivity index (χ0v) is 35.1. The molecule has 7 rings (SSSR count). The molecule has 7 aromatic rings. The molecule has 4 heterocycles. The maximum atomic E-state index is 13.1. The quantitative estimate of drug-likeness (QED) is 0.0529. The summed E-state index contributed by atoms with van der Waals surface area (Å²) in [4.78, 5) is 38.3. The molecule has 2 N–H and O–H groups in total. The van der Waals surface area contributed by atoms with Crippen LogP contribution >= 0.6 is 0 Å². The normalized spacial score (nSPS) is 11.3. The monoisotopic (exact) mass is 822 g/mol. The van der Waals surface area contributed by atoms with E-state index in [-0.39, 0.29) is 5.91 Å². The second kappa shape index (κ2) is 23.1. The van der Waals surface area contributed by atoms with Crippen molar-refractivity contribution in [2.45, 2.75) is 58.7 Å². The average Bonchev–Trinajstić information content (AvgIpc) is 3.30. The third kappa shape index (κ3) is 13.8. The SMILES string of the molecule is NC=CC(=O)N(CCCCOc1cc(CN(Cc2ccccn2)Cc2ccccn2)cc(CN(Cc2ccccn2)Cc2ccccn2)c1)Cc1ccc(-c2ccccc2)cc1. The van der Waals surface area contributed by atoms with Crippen LogP contribution < -0.4 is 10.5 Å². The van der Waals surface area contributed by atoms with Gasteiger partial charge in [0, 0.05) is 83.2 Å². The minimum atomic E-state index is -0.111. The number of ether oxygens (including phenoxy) is 1. The van der Waals surface area contributed by atoms with Crippen molar-refractivity contribution in [3.8, 4) is 16.9 Å². The maximum absolute atomic E-state index is 13.1. The number of nitrogens with two attached hydrogens (primary N) is 1. The number of carbonyl (C=O) groups excluding carboxylic acids is 1. The highest BCUT2D eigenvalue weighted by atomic mass is 16.5. The largest absolute Gasteiger partial charge is 0.494 e. The van der Waals surface area contributed by atoms with Gasteiger partial charge in [0.1, 0.15) is 5.75 Å². The molecule has 10 nitrogen and oxygen atoms in total. The summed E-state index contributed by atoms with van der Waals surface area (Å²) in [6, 6.07) is 49.4. The molecule has 314 valence electrons. The number of pyridine rings is 4. The van der Waals surface area contributed by atoms with Crippen LogP contribution in [0, 0.1) is 0 Å². The number of hydrogen-bond donors (Lipinski definition) is 1. The molecule has 4 aromatic heterocycles. The fraction of sp³-hybridized carbons (Fsp3) is 0.212. The Morgan fingerprint density at radius 3 is 1.42 bits per heavy atom. The maximum Gasteiger partial charge on any atom is 0.248 e. The van der Waals surface area contributed by atoms with Crippen LogP contribution in [0.2, 0.25) is 0 Å². The van der Waals surface area contributed by atoms with Crippen molar-refractivity contribution in [2.75, 3.05) is 13.2 Å². The summed E-state index contributed by atoms with van der Waals surface area (Å²) < 4.78 is 6.56. The van der Waals surface area contributed by atoms with E-state index >= 15 is 0 Å². The van der Waals surface area contributed by atoms with Crippen LogP contribution in [0.5, 0.6) is 5.75 Å². The van der Waals surface area contributed by atoms with Crippen molar-refractivity contribution in [3.05, 3.63) is 222 Å². The van der Waals surface area contributed by atoms with Gasteiger partial charge in [-0.05, 0) is 108 Å². The van der Waals surface area contributed by atoms with Crippen LogP contribution in [0.15, 0.2) is 183 Å². The molecule has 0 atom stereocenters. The third-order valence-electron chi connectivity index (χ3n) is 10.4. The molecule has 0 unspecified atom stereocenters. The van der Waals surface area contributed by atoms with E-state index in [0.29, 0.717) is 59.0 Å². The topological polar surface area (TPSA) is 114 Å². The predicted octanol–water partition coefficient (Wildman–Crippen LogP) is 9.00. The average molecular weight is 823 g/mol. The molecule has 3 aromatic carbocycles. The van der Waals surface area contributed by atoms with Gasteiger partial charge in [0.2, 0.25) is 5.91 Å². The number of carbonyl (C=O) groups is 1. The second-order valence-electron chi connectivity index (χ2n) is 15.3. The van der Waals surface area contributed by atoms with Gasteiger partial charge in [0.25, 0.3) is 0 Å². The number of nitrogens with zero attached hydrogens (tertiary/aromatic N) is 7. The second-order valence-corrected chi connectivity index (χ2v) is 15.3. The van der Waals surface area contributed by atoms with Crippen molar-refractivity contribution in [1.82, 2.24) is 34.6 Å². The molecule has 0 bridgehead atoms. The van der Waals surface area contributed by atoms with Gasteiger partial charge in [-0.15, -0.1) is 0 Å². The summed E-state index contributed by atoms with van der Waals surface area (Å²) in [6.07, 6.45) is 11.6. The van der Waals surface area contributed by atoms with Gasteiger partial charge in [-0.1, -0.05) is 84.9 Å². The van der Waals surface area contributed by atoms with E-state index in [0.717, 1.165) is 69.2 Å². The minimum Gasteiger partial charge on any atom is -0.494 e. The van der Waals surface area contributed by atoms with Gasteiger partial charge < -0.3 is 15.4 Å². The first kappa shape index (κ1) is 43.1. The molecular formula is C52H54N8O2. The van der Waals surface area contributed by atoms with Crippen LogP contribution in [0.25, 0.3) is 11.1 Å². The summed E-state index contributed by atoms with van der Waals surface area (Å²) in [7, 11) is 0. The van der Waals surface area contributed by atoms with E-state index in [1.807, 2.05) is 96.4 Å². The highest BCUT2D eigenvalue weighted by Crippen LogP contribution is 2.24. The Bertz CT molecular complexity index is 2210. The molecule has 1 amide bonds. The summed E-state index contributed by atoms with van der Waals surface area (Å²) in [5.41, 5.74) is 15.2. The number of aromatic nitrogens is 4. The Hall–Kier alpha value is -7.01. The van der Waals surface area contributed by atoms with Gasteiger partial charge >= 0.3 is 0 Å². The number of hydrogen-bond acceptors (Lipinski definition) is 9. The third-order valence-corrected chi connectivity index (χ3v) is 10.4. The molecule has 62 heavy (non-hydrogen) atoms. The van der Waals surface area contributed by atoms with E-state index in [1.165, 1.54) is 12.3 Å². The summed E-state index contributed by atoms with van der Waals surface area (Å²) in [5, 5.41) is 0. The Balaban J connectivity index is 1.07. The molecule has 0 saturated carbocycles. The molecule has 0 aliphatic rings. The van der Waals surface area contributed by atoms with E-state index in [2.05, 4.69) is 109 Å². The van der Waals surface area contributed by atoms with Crippen LogP contribution in [-0.2, 0) is 50.6 Å². The standard InChI is InChI=1S/C52H54N8O2/c53-25-24-52(61)60(37-42-20-22-46(23-21-42)45-14-2-1-3-15-45)30-12-13-31-62-51-33-43(35-58(38-47-16-4-8-26-54-47)39-48-17-5-9-27-55-48)32-44(34-51)36-59(40-49-18-6-10-28-56-49)41-50-19-7-11-29-57-50/h1-11,14-29,32-34H,12-13,30-31,35-41,53H2. The summed E-state index contributed by atoms with van der Waals surface area (Å²) in [5.74, 6) is 0.695. The Morgan fingerprint density at radius 2 is 0.968 bits per heavy atom. The highest BCUT2D eigenvalue weighted by molar-refractivity contribution is 5.87. The van der Waals surface area contributed by atoms with Gasteiger partial charge in [-0.25, -0.2) is 0 Å². The lowest BCUT2D eigenvalue weighted by molar-refractivity contribution is -0.126. The van der Waals surface area contributed by atoms with E-state index in [9.17, 15) is 4.79 Å². The molecule has 10 heteroatoms. The van der Waals surface area contributed by atoms with Gasteiger partial charge in [0.15, 0.2) is 0 Å². The van der Waals surface area contributed by atoms with Gasteiger partial charge in [-0.2, -0.15) is 0 Å². The molecule has 0 spiro atoms. The number of amides is 1. The zero-order valence-electron chi connectivity index (χ0n) is 35.1. The molecular weight excluding hydrogens is 769 g/mol. The fourth-order valence-electron chi connectivity index (χ4n) is 7.43. The fourth-order valence-corrected chi connectivity index (χ4v) is 7.43. The van der Waals surface area contributed by atoms with Crippen LogP contribution in [0.3, 0.4) is 0 Å². The first-order chi connectivity index (χ1) is 30.6. The Labute approximate surface area is 365 Å². The van der Waals surface area contributed by atoms with Crippen molar-refractivity contribution in [1.29, 1.82) is 0 Å². The number of benzene rings is 3. The van der Waals surface area contributed by atoms with Crippen LogP contribution in [0.4, 0.5) is 0 Å². The van der Waals surface area contributed by atoms with Crippen molar-refractivity contribution >= 4 is 5.91 Å². The lowest BCUT2D eigenvalue weighted by Crippen LogP contribution is -2.30. The number of rotatable bonds is 22. The minimum absolute atomic E-state index is 0.111. The van der Waals surface area contributed by atoms with Gasteiger partial charge in [-0.3, -0.25) is 34.5 Å². The molecule has 0 saturated heterocycles. The Morgan fingerprint density at radius 1 is 0.500 bits per heavy atom. The lowest BCUT2D eigenvalue weighted by atomic mass is 10.0. The summed E-state index contributed by atoms with van der Waals surface area (Å²) >= 11 is 0. The van der Waals surface area contributed by atoms with E-state index in [4.69, 9.17) is 10.5 Å². The molecule has 0 radical (unpaired) electrons. The first-order valence-corrected chi connectivity index (χ1v) is 21.2. The highest BCUT2D eigenvalue weighted by Gasteiger charge is 2.16. The van der Waals surface area contributed by atoms with E-state index < -0.39 is 0 Å². The molecule has 0 aliphatic heterocycles. The molecule has 0 aliphatic carbocycles. The van der Waals surface area contributed by atoms with Crippen molar-refractivity contribution in [3.63, 3.8) is 0 Å². The smallest absolute Gasteiger partial charge is 0.248 e. The zero-order chi connectivity index (χ0) is 42.6. The van der Waals surface area contributed by atoms with Crippen molar-refractivity contribution in [2.24, 2.45) is 5.73 Å². The Kier molecular flexibility index (Phi) is 16.1.